The van der Waals surface area contributed by atoms with Gasteiger partial charge in [-0.15, -0.1) is 0 Å². The van der Waals surface area contributed by atoms with Crippen LogP contribution in [0.2, 0.25) is 0 Å². The number of halogens is 1. The number of aromatic nitrogens is 4. The number of benzene rings is 1. The lowest BCUT2D eigenvalue weighted by Crippen LogP contribution is -2.02. The van der Waals surface area contributed by atoms with Gasteiger partial charge in [-0.2, -0.15) is 5.10 Å². The predicted octanol–water partition coefficient (Wildman–Crippen LogP) is 2.84. The van der Waals surface area contributed by atoms with Gasteiger partial charge < -0.3 is 9.88 Å². The second-order valence-electron chi connectivity index (χ2n) is 4.71. The van der Waals surface area contributed by atoms with Crippen LogP contribution in [0.5, 0.6) is 0 Å². The van der Waals surface area contributed by atoms with Crippen molar-refractivity contribution >= 4 is 5.69 Å². The molecule has 108 valence electrons. The second kappa shape index (κ2) is 5.78. The van der Waals surface area contributed by atoms with E-state index in [2.05, 4.69) is 39.2 Å². The van der Waals surface area contributed by atoms with Gasteiger partial charge in [-0.05, 0) is 36.8 Å². The summed E-state index contributed by atoms with van der Waals surface area (Å²) in [4.78, 5) is 3.82. The van der Waals surface area contributed by atoms with Crippen molar-refractivity contribution in [2.24, 2.45) is 0 Å². The first-order chi connectivity index (χ1) is 10.3. The van der Waals surface area contributed by atoms with Crippen LogP contribution in [0.4, 0.5) is 10.1 Å². The molecule has 0 aliphatic rings. The van der Waals surface area contributed by atoms with Crippen LogP contribution >= 0.6 is 0 Å². The summed E-state index contributed by atoms with van der Waals surface area (Å²) in [6, 6.07) is 7.03. The zero-order chi connectivity index (χ0) is 14.7. The summed E-state index contributed by atoms with van der Waals surface area (Å²) in [5.74, 6) is -0.336. The van der Waals surface area contributed by atoms with Crippen LogP contribution in [0.3, 0.4) is 0 Å². The molecule has 3 aromatic rings. The number of anilines is 1. The van der Waals surface area contributed by atoms with E-state index in [0.29, 0.717) is 12.2 Å². The van der Waals surface area contributed by atoms with Crippen molar-refractivity contribution in [3.63, 3.8) is 0 Å². The van der Waals surface area contributed by atoms with Crippen LogP contribution in [0, 0.1) is 5.82 Å². The van der Waals surface area contributed by atoms with Crippen molar-refractivity contribution < 1.29 is 4.39 Å². The number of hydrogen-bond donors (Lipinski definition) is 1. The highest BCUT2D eigenvalue weighted by Crippen LogP contribution is 2.18. The van der Waals surface area contributed by atoms with Crippen molar-refractivity contribution in [2.45, 2.75) is 20.0 Å². The van der Waals surface area contributed by atoms with Gasteiger partial charge in [0.15, 0.2) is 5.82 Å². The Labute approximate surface area is 122 Å². The molecule has 1 N–H and O–H groups in total. The lowest BCUT2D eigenvalue weighted by Gasteiger charge is -2.08. The van der Waals surface area contributed by atoms with Crippen LogP contribution in [0.1, 0.15) is 12.5 Å². The van der Waals surface area contributed by atoms with E-state index in [1.807, 2.05) is 12.3 Å². The van der Waals surface area contributed by atoms with E-state index in [1.165, 1.54) is 23.4 Å². The SMILES string of the molecule is CCn1ccc(CNc2ccc(-n3cncn3)c(F)c2)c1. The molecule has 1 aromatic carbocycles. The topological polar surface area (TPSA) is 47.7 Å². The van der Waals surface area contributed by atoms with Crippen molar-refractivity contribution in [3.05, 3.63) is 60.7 Å². The highest BCUT2D eigenvalue weighted by Gasteiger charge is 2.06. The Morgan fingerprint density at radius 1 is 1.29 bits per heavy atom. The summed E-state index contributed by atoms with van der Waals surface area (Å²) in [6.07, 6.45) is 6.96. The highest BCUT2D eigenvalue weighted by atomic mass is 19.1. The Morgan fingerprint density at radius 2 is 2.19 bits per heavy atom. The molecule has 0 fully saturated rings. The Kier molecular flexibility index (Phi) is 3.68. The maximum atomic E-state index is 14.1. The van der Waals surface area contributed by atoms with Crippen molar-refractivity contribution in [2.75, 3.05) is 5.32 Å². The monoisotopic (exact) mass is 285 g/mol. The molecular formula is C15H16FN5. The first-order valence-electron chi connectivity index (χ1n) is 6.79. The van der Waals surface area contributed by atoms with Gasteiger partial charge in [-0.1, -0.05) is 0 Å². The molecule has 0 saturated carbocycles. The third-order valence-corrected chi connectivity index (χ3v) is 3.29. The van der Waals surface area contributed by atoms with Crippen LogP contribution in [-0.4, -0.2) is 19.3 Å². The molecule has 5 nitrogen and oxygen atoms in total. The van der Waals surface area contributed by atoms with Crippen LogP contribution < -0.4 is 5.32 Å². The molecule has 3 rings (SSSR count). The largest absolute Gasteiger partial charge is 0.381 e. The van der Waals surface area contributed by atoms with E-state index in [-0.39, 0.29) is 5.82 Å². The standard InChI is InChI=1S/C15H16FN5/c1-2-20-6-5-12(9-20)8-18-13-3-4-15(14(16)7-13)21-11-17-10-19-21/h3-7,9-11,18H,2,8H2,1H3. The lowest BCUT2D eigenvalue weighted by molar-refractivity contribution is 0.611. The summed E-state index contributed by atoms with van der Waals surface area (Å²) in [6.45, 7) is 3.70. The molecule has 0 amide bonds. The minimum Gasteiger partial charge on any atom is -0.381 e. The molecule has 6 heteroatoms. The molecule has 0 aliphatic heterocycles. The van der Waals surface area contributed by atoms with Gasteiger partial charge in [-0.25, -0.2) is 14.1 Å². The average Bonchev–Trinajstić information content (AvgIpc) is 3.16. The van der Waals surface area contributed by atoms with Gasteiger partial charge in [-0.3, -0.25) is 0 Å². The van der Waals surface area contributed by atoms with Gasteiger partial charge >= 0.3 is 0 Å². The summed E-state index contributed by atoms with van der Waals surface area (Å²) < 4.78 is 17.6. The fourth-order valence-corrected chi connectivity index (χ4v) is 2.13. The first kappa shape index (κ1) is 13.4. The van der Waals surface area contributed by atoms with Gasteiger partial charge in [0.25, 0.3) is 0 Å². The van der Waals surface area contributed by atoms with Crippen LogP contribution in [-0.2, 0) is 13.1 Å². The Morgan fingerprint density at radius 3 is 2.86 bits per heavy atom. The Balaban J connectivity index is 1.70. The van der Waals surface area contributed by atoms with Crippen molar-refractivity contribution in [3.8, 4) is 5.69 Å². The van der Waals surface area contributed by atoms with Crippen LogP contribution in [0.15, 0.2) is 49.3 Å². The number of rotatable bonds is 5. The van der Waals surface area contributed by atoms with E-state index in [0.717, 1.165) is 17.8 Å². The maximum Gasteiger partial charge on any atom is 0.150 e. The van der Waals surface area contributed by atoms with E-state index in [9.17, 15) is 4.39 Å². The number of hydrogen-bond acceptors (Lipinski definition) is 3. The molecule has 2 heterocycles. The minimum atomic E-state index is -0.336. The summed E-state index contributed by atoms with van der Waals surface area (Å²) >= 11 is 0. The molecule has 0 radical (unpaired) electrons. The summed E-state index contributed by atoms with van der Waals surface area (Å²) in [5.41, 5.74) is 2.29. The quantitative estimate of drug-likeness (QED) is 0.784. The van der Waals surface area contributed by atoms with Gasteiger partial charge in [0.2, 0.25) is 0 Å². The number of nitrogens with zero attached hydrogens (tertiary/aromatic N) is 4. The van der Waals surface area contributed by atoms with E-state index in [4.69, 9.17) is 0 Å². The molecule has 0 aliphatic carbocycles. The van der Waals surface area contributed by atoms with Gasteiger partial charge in [0, 0.05) is 31.2 Å². The average molecular weight is 285 g/mol. The first-order valence-corrected chi connectivity index (χ1v) is 6.79. The van der Waals surface area contributed by atoms with E-state index >= 15 is 0 Å². The van der Waals surface area contributed by atoms with Crippen molar-refractivity contribution in [1.29, 1.82) is 0 Å². The molecule has 21 heavy (non-hydrogen) atoms. The maximum absolute atomic E-state index is 14.1. The zero-order valence-electron chi connectivity index (χ0n) is 11.7. The molecule has 0 bridgehead atoms. The predicted molar refractivity (Wildman–Crippen MR) is 78.7 cm³/mol. The fourth-order valence-electron chi connectivity index (χ4n) is 2.13. The Bertz CT molecular complexity index is 718. The zero-order valence-corrected chi connectivity index (χ0v) is 11.7. The smallest absolute Gasteiger partial charge is 0.150 e. The third kappa shape index (κ3) is 2.94. The number of nitrogens with one attached hydrogen (secondary N) is 1. The molecule has 0 atom stereocenters. The lowest BCUT2D eigenvalue weighted by atomic mass is 10.2. The van der Waals surface area contributed by atoms with Gasteiger partial charge in [0.1, 0.15) is 18.3 Å². The molecular weight excluding hydrogens is 269 g/mol. The molecule has 0 saturated heterocycles. The molecule has 2 aromatic heterocycles. The second-order valence-corrected chi connectivity index (χ2v) is 4.71. The minimum absolute atomic E-state index is 0.336. The van der Waals surface area contributed by atoms with E-state index < -0.39 is 0 Å². The Hall–Kier alpha value is -2.63. The summed E-state index contributed by atoms with van der Waals surface area (Å²) in [5, 5.41) is 7.14. The third-order valence-electron chi connectivity index (χ3n) is 3.29. The highest BCUT2D eigenvalue weighted by molar-refractivity contribution is 5.49. The number of aryl methyl sites for hydroxylation is 1. The van der Waals surface area contributed by atoms with Crippen molar-refractivity contribution in [1.82, 2.24) is 19.3 Å². The van der Waals surface area contributed by atoms with E-state index in [1.54, 1.807) is 6.07 Å². The summed E-state index contributed by atoms with van der Waals surface area (Å²) in [7, 11) is 0. The van der Waals surface area contributed by atoms with Gasteiger partial charge in [0.05, 0.1) is 0 Å². The fraction of sp³-hybridized carbons (Fsp3) is 0.200. The van der Waals surface area contributed by atoms with Crippen LogP contribution in [0.25, 0.3) is 5.69 Å². The normalized spacial score (nSPS) is 10.8. The molecule has 0 unspecified atom stereocenters. The molecule has 0 spiro atoms.